The highest BCUT2D eigenvalue weighted by molar-refractivity contribution is 6.23. The van der Waals surface area contributed by atoms with Gasteiger partial charge < -0.3 is 4.74 Å². The first kappa shape index (κ1) is 15.7. The van der Waals surface area contributed by atoms with Crippen molar-refractivity contribution in [2.24, 2.45) is 0 Å². The Morgan fingerprint density at radius 1 is 1.05 bits per heavy atom. The third kappa shape index (κ3) is 3.50. The van der Waals surface area contributed by atoms with E-state index in [9.17, 15) is 13.2 Å². The molecule has 5 heteroatoms. The van der Waals surface area contributed by atoms with Gasteiger partial charge in [0.2, 0.25) is 0 Å². The van der Waals surface area contributed by atoms with Gasteiger partial charge >= 0.3 is 6.61 Å². The number of para-hydroxylation sites is 1. The average Bonchev–Trinajstić information content (AvgIpc) is 2.37. The third-order valence-electron chi connectivity index (χ3n) is 3.22. The summed E-state index contributed by atoms with van der Waals surface area (Å²) in [5.74, 6) is -0.328. The number of hydrogen-bond donors (Lipinski definition) is 0. The number of aryl methyl sites for hydroxylation is 2. The Balaban J connectivity index is 2.48. The second kappa shape index (κ2) is 6.39. The molecule has 1 unspecified atom stereocenters. The quantitative estimate of drug-likeness (QED) is 0.689. The van der Waals surface area contributed by atoms with Gasteiger partial charge in [0.05, 0.1) is 5.38 Å². The molecule has 0 saturated heterocycles. The number of hydrogen-bond acceptors (Lipinski definition) is 1. The Hall–Kier alpha value is -1.68. The van der Waals surface area contributed by atoms with Crippen LogP contribution in [0.3, 0.4) is 0 Å². The van der Waals surface area contributed by atoms with Gasteiger partial charge in [-0.15, -0.1) is 11.6 Å². The van der Waals surface area contributed by atoms with E-state index < -0.39 is 12.0 Å². The van der Waals surface area contributed by atoms with Crippen molar-refractivity contribution in [1.29, 1.82) is 0 Å². The molecule has 0 N–H and O–H groups in total. The lowest BCUT2D eigenvalue weighted by Crippen LogP contribution is -2.07. The number of alkyl halides is 3. The normalized spacial score (nSPS) is 12.5. The van der Waals surface area contributed by atoms with Crippen LogP contribution in [0.15, 0.2) is 36.4 Å². The minimum atomic E-state index is -2.93. The second-order valence-corrected chi connectivity index (χ2v) is 5.17. The van der Waals surface area contributed by atoms with Crippen LogP contribution in [0.25, 0.3) is 0 Å². The van der Waals surface area contributed by atoms with Gasteiger partial charge in [0.25, 0.3) is 0 Å². The van der Waals surface area contributed by atoms with E-state index in [1.807, 2.05) is 0 Å². The smallest absolute Gasteiger partial charge is 0.387 e. The summed E-state index contributed by atoms with van der Waals surface area (Å²) in [4.78, 5) is 0. The van der Waals surface area contributed by atoms with Crippen LogP contribution in [-0.2, 0) is 0 Å². The van der Waals surface area contributed by atoms with Crippen LogP contribution < -0.4 is 4.74 Å². The monoisotopic (exact) mass is 314 g/mol. The van der Waals surface area contributed by atoms with Crippen molar-refractivity contribution in [1.82, 2.24) is 0 Å². The van der Waals surface area contributed by atoms with Crippen LogP contribution in [0.2, 0.25) is 0 Å². The first-order valence-corrected chi connectivity index (χ1v) is 6.78. The maximum absolute atomic E-state index is 13.4. The van der Waals surface area contributed by atoms with Crippen molar-refractivity contribution < 1.29 is 17.9 Å². The summed E-state index contributed by atoms with van der Waals surface area (Å²) in [6, 6.07) is 9.08. The largest absolute Gasteiger partial charge is 0.434 e. The van der Waals surface area contributed by atoms with E-state index in [0.717, 1.165) is 0 Å². The molecule has 0 aliphatic heterocycles. The molecule has 0 heterocycles. The van der Waals surface area contributed by atoms with Crippen LogP contribution in [0.1, 0.15) is 27.6 Å². The predicted molar refractivity (Wildman–Crippen MR) is 76.6 cm³/mol. The number of halogens is 4. The number of benzene rings is 2. The SMILES string of the molecule is Cc1cc(F)cc(C)c1C(Cl)c1ccccc1OC(F)F. The van der Waals surface area contributed by atoms with Crippen LogP contribution in [0.5, 0.6) is 5.75 Å². The minimum Gasteiger partial charge on any atom is -0.434 e. The Kier molecular flexibility index (Phi) is 4.78. The van der Waals surface area contributed by atoms with Gasteiger partial charge in [-0.1, -0.05) is 18.2 Å². The predicted octanol–water partition coefficient (Wildman–Crippen LogP) is 5.37. The van der Waals surface area contributed by atoms with E-state index in [2.05, 4.69) is 4.74 Å². The lowest BCUT2D eigenvalue weighted by Gasteiger charge is -2.19. The van der Waals surface area contributed by atoms with Gasteiger partial charge in [-0.05, 0) is 48.7 Å². The lowest BCUT2D eigenvalue weighted by atomic mass is 9.95. The fourth-order valence-electron chi connectivity index (χ4n) is 2.37. The molecule has 0 radical (unpaired) electrons. The topological polar surface area (TPSA) is 9.23 Å². The Labute approximate surface area is 126 Å². The molecule has 21 heavy (non-hydrogen) atoms. The number of rotatable bonds is 4. The van der Waals surface area contributed by atoms with Gasteiger partial charge in [0, 0.05) is 5.56 Å². The summed E-state index contributed by atoms with van der Waals surface area (Å²) in [6.45, 7) is 0.541. The van der Waals surface area contributed by atoms with E-state index in [1.54, 1.807) is 32.0 Å². The van der Waals surface area contributed by atoms with Gasteiger partial charge in [0.1, 0.15) is 11.6 Å². The fourth-order valence-corrected chi connectivity index (χ4v) is 2.89. The zero-order chi connectivity index (χ0) is 15.6. The molecule has 2 aromatic rings. The van der Waals surface area contributed by atoms with E-state index in [0.29, 0.717) is 22.3 Å². The summed E-state index contributed by atoms with van der Waals surface area (Å²) in [5, 5.41) is -0.694. The second-order valence-electron chi connectivity index (χ2n) is 4.73. The molecule has 0 aromatic heterocycles. The van der Waals surface area contributed by atoms with Crippen LogP contribution in [0.4, 0.5) is 13.2 Å². The van der Waals surface area contributed by atoms with Crippen molar-refractivity contribution in [2.75, 3.05) is 0 Å². The van der Waals surface area contributed by atoms with E-state index in [4.69, 9.17) is 11.6 Å². The van der Waals surface area contributed by atoms with Crippen molar-refractivity contribution in [3.63, 3.8) is 0 Å². The molecule has 0 fully saturated rings. The third-order valence-corrected chi connectivity index (χ3v) is 3.67. The molecule has 0 saturated carbocycles. The Morgan fingerprint density at radius 3 is 2.19 bits per heavy atom. The maximum atomic E-state index is 13.4. The minimum absolute atomic E-state index is 0.0237. The standard InChI is InChI=1S/C16H14ClF3O/c1-9-7-11(18)8-10(2)14(9)15(17)12-5-3-4-6-13(12)21-16(19)20/h3-8,15-16H,1-2H3. The molecule has 0 aliphatic carbocycles. The molecule has 112 valence electrons. The summed E-state index contributed by atoms with van der Waals surface area (Å²) in [5.41, 5.74) is 2.46. The van der Waals surface area contributed by atoms with Crippen LogP contribution in [-0.4, -0.2) is 6.61 Å². The van der Waals surface area contributed by atoms with Crippen LogP contribution in [0, 0.1) is 19.7 Å². The molecule has 0 bridgehead atoms. The molecule has 0 aliphatic rings. The zero-order valence-corrected chi connectivity index (χ0v) is 12.3. The molecular weight excluding hydrogens is 301 g/mol. The fraction of sp³-hybridized carbons (Fsp3) is 0.250. The van der Waals surface area contributed by atoms with Gasteiger partial charge in [-0.25, -0.2) is 4.39 Å². The lowest BCUT2D eigenvalue weighted by molar-refractivity contribution is -0.0504. The summed E-state index contributed by atoms with van der Waals surface area (Å²) < 4.78 is 42.8. The maximum Gasteiger partial charge on any atom is 0.387 e. The van der Waals surface area contributed by atoms with Gasteiger partial charge in [0.15, 0.2) is 0 Å². The highest BCUT2D eigenvalue weighted by atomic mass is 35.5. The van der Waals surface area contributed by atoms with E-state index in [1.165, 1.54) is 18.2 Å². The molecular formula is C16H14ClF3O. The van der Waals surface area contributed by atoms with E-state index >= 15 is 0 Å². The molecule has 1 atom stereocenters. The molecule has 2 aromatic carbocycles. The average molecular weight is 315 g/mol. The first-order valence-electron chi connectivity index (χ1n) is 6.34. The summed E-state index contributed by atoms with van der Waals surface area (Å²) in [6.07, 6.45) is 0. The van der Waals surface area contributed by atoms with Crippen molar-refractivity contribution in [3.05, 3.63) is 64.5 Å². The molecule has 1 nitrogen and oxygen atoms in total. The summed E-state index contributed by atoms with van der Waals surface area (Å²) in [7, 11) is 0. The first-order chi connectivity index (χ1) is 9.90. The highest BCUT2D eigenvalue weighted by Gasteiger charge is 2.21. The van der Waals surface area contributed by atoms with Crippen molar-refractivity contribution >= 4 is 11.6 Å². The molecule has 0 amide bonds. The van der Waals surface area contributed by atoms with Gasteiger partial charge in [-0.3, -0.25) is 0 Å². The highest BCUT2D eigenvalue weighted by Crippen LogP contribution is 2.38. The Morgan fingerprint density at radius 2 is 1.62 bits per heavy atom. The van der Waals surface area contributed by atoms with Crippen LogP contribution >= 0.6 is 11.6 Å². The van der Waals surface area contributed by atoms with Gasteiger partial charge in [-0.2, -0.15) is 8.78 Å². The van der Waals surface area contributed by atoms with E-state index in [-0.39, 0.29) is 11.6 Å². The van der Waals surface area contributed by atoms with Crippen molar-refractivity contribution in [3.8, 4) is 5.75 Å². The Bertz CT molecular complexity index is 620. The number of ether oxygens (including phenoxy) is 1. The molecule has 2 rings (SSSR count). The van der Waals surface area contributed by atoms with Crippen molar-refractivity contribution in [2.45, 2.75) is 25.8 Å². The zero-order valence-electron chi connectivity index (χ0n) is 11.5. The molecule has 0 spiro atoms. The summed E-state index contributed by atoms with van der Waals surface area (Å²) >= 11 is 6.44.